The molecule has 1 amide bonds. The first kappa shape index (κ1) is 15.6. The summed E-state index contributed by atoms with van der Waals surface area (Å²) < 4.78 is 0. The highest BCUT2D eigenvalue weighted by atomic mass is 35.5. The molecule has 1 aromatic carbocycles. The molecule has 5 heteroatoms. The number of unbranched alkanes of at least 4 members (excludes halogenated alkanes) is 1. The number of carbonyl (C=O) groups is 1. The first-order valence-corrected chi connectivity index (χ1v) is 7.89. The predicted octanol–water partition coefficient (Wildman–Crippen LogP) is 3.88. The fourth-order valence-corrected chi connectivity index (χ4v) is 2.73. The van der Waals surface area contributed by atoms with E-state index < -0.39 is 0 Å². The van der Waals surface area contributed by atoms with Crippen molar-refractivity contribution < 1.29 is 4.79 Å². The zero-order chi connectivity index (χ0) is 14.5. The van der Waals surface area contributed by atoms with Gasteiger partial charge in [-0.2, -0.15) is 0 Å². The van der Waals surface area contributed by atoms with Crippen molar-refractivity contribution in [2.24, 2.45) is 0 Å². The van der Waals surface area contributed by atoms with Crippen molar-refractivity contribution in [3.63, 3.8) is 0 Å². The van der Waals surface area contributed by atoms with Crippen LogP contribution in [0.15, 0.2) is 18.2 Å². The van der Waals surface area contributed by atoms with Crippen molar-refractivity contribution in [1.29, 1.82) is 0 Å². The molecule has 2 rings (SSSR count). The summed E-state index contributed by atoms with van der Waals surface area (Å²) in [5.74, 6) is 0.134. The van der Waals surface area contributed by atoms with Crippen molar-refractivity contribution in [2.75, 3.05) is 18.0 Å². The summed E-state index contributed by atoms with van der Waals surface area (Å²) in [4.78, 5) is 14.5. The molecule has 0 bridgehead atoms. The SMILES string of the molecule is CCCCC1NCCCN(c2ccc(Cl)c(Cl)c2)C1=O. The molecule has 3 nitrogen and oxygen atoms in total. The molecule has 0 radical (unpaired) electrons. The Balaban J connectivity index is 2.19. The lowest BCUT2D eigenvalue weighted by atomic mass is 10.1. The van der Waals surface area contributed by atoms with Crippen LogP contribution in [0.2, 0.25) is 10.0 Å². The van der Waals surface area contributed by atoms with Gasteiger partial charge in [0, 0.05) is 12.2 Å². The minimum absolute atomic E-state index is 0.0908. The summed E-state index contributed by atoms with van der Waals surface area (Å²) in [5, 5.41) is 4.34. The van der Waals surface area contributed by atoms with Gasteiger partial charge in [0.1, 0.15) is 0 Å². The number of anilines is 1. The maximum absolute atomic E-state index is 12.6. The maximum atomic E-state index is 12.6. The lowest BCUT2D eigenvalue weighted by Gasteiger charge is -2.24. The topological polar surface area (TPSA) is 32.3 Å². The molecule has 1 aromatic rings. The van der Waals surface area contributed by atoms with Crippen molar-refractivity contribution in [3.8, 4) is 0 Å². The van der Waals surface area contributed by atoms with Gasteiger partial charge in [-0.3, -0.25) is 4.79 Å². The van der Waals surface area contributed by atoms with E-state index in [1.165, 1.54) is 0 Å². The van der Waals surface area contributed by atoms with Crippen LogP contribution in [0.4, 0.5) is 5.69 Å². The lowest BCUT2D eigenvalue weighted by molar-refractivity contribution is -0.120. The summed E-state index contributed by atoms with van der Waals surface area (Å²) >= 11 is 12.0. The minimum Gasteiger partial charge on any atom is -0.311 e. The van der Waals surface area contributed by atoms with Crippen LogP contribution in [0.3, 0.4) is 0 Å². The largest absolute Gasteiger partial charge is 0.311 e. The van der Waals surface area contributed by atoms with Gasteiger partial charge in [-0.05, 0) is 37.6 Å². The third kappa shape index (κ3) is 3.66. The van der Waals surface area contributed by atoms with E-state index in [-0.39, 0.29) is 11.9 Å². The second-order valence-corrected chi connectivity index (χ2v) is 5.91. The number of amides is 1. The van der Waals surface area contributed by atoms with Crippen LogP contribution in [-0.2, 0) is 4.79 Å². The molecular formula is C15H20Cl2N2O. The third-order valence-corrected chi connectivity index (χ3v) is 4.31. The van der Waals surface area contributed by atoms with Gasteiger partial charge in [0.05, 0.1) is 16.1 Å². The highest BCUT2D eigenvalue weighted by Gasteiger charge is 2.27. The summed E-state index contributed by atoms with van der Waals surface area (Å²) in [6, 6.07) is 5.27. The standard InChI is InChI=1S/C15H20Cl2N2O/c1-2-3-5-14-15(20)19(9-4-8-18-14)11-6-7-12(16)13(17)10-11/h6-7,10,14,18H,2-5,8-9H2,1H3. The molecule has 0 saturated carbocycles. The Hall–Kier alpha value is -0.770. The molecule has 1 aliphatic rings. The first-order chi connectivity index (χ1) is 9.63. The van der Waals surface area contributed by atoms with Gasteiger partial charge in [-0.1, -0.05) is 43.0 Å². The zero-order valence-corrected chi connectivity index (χ0v) is 13.2. The second kappa shape index (κ2) is 7.30. The summed E-state index contributed by atoms with van der Waals surface area (Å²) in [6.45, 7) is 3.72. The molecule has 1 unspecified atom stereocenters. The molecule has 110 valence electrons. The lowest BCUT2D eigenvalue weighted by Crippen LogP contribution is -2.43. The van der Waals surface area contributed by atoms with Gasteiger partial charge >= 0.3 is 0 Å². The molecule has 1 aliphatic heterocycles. The maximum Gasteiger partial charge on any atom is 0.244 e. The van der Waals surface area contributed by atoms with Crippen LogP contribution in [0.1, 0.15) is 32.6 Å². The zero-order valence-electron chi connectivity index (χ0n) is 11.7. The molecule has 1 saturated heterocycles. The van der Waals surface area contributed by atoms with Crippen LogP contribution in [0.25, 0.3) is 0 Å². The van der Waals surface area contributed by atoms with Crippen molar-refractivity contribution >= 4 is 34.8 Å². The average molecular weight is 315 g/mol. The molecule has 1 atom stereocenters. The Morgan fingerprint density at radius 3 is 2.85 bits per heavy atom. The Labute approximate surface area is 130 Å². The molecule has 0 aliphatic carbocycles. The van der Waals surface area contributed by atoms with E-state index in [1.54, 1.807) is 12.1 Å². The van der Waals surface area contributed by atoms with E-state index in [0.29, 0.717) is 16.6 Å². The van der Waals surface area contributed by atoms with Gasteiger partial charge in [0.25, 0.3) is 0 Å². The Morgan fingerprint density at radius 1 is 1.35 bits per heavy atom. The summed E-state index contributed by atoms with van der Waals surface area (Å²) in [7, 11) is 0. The smallest absolute Gasteiger partial charge is 0.244 e. The number of nitrogens with zero attached hydrogens (tertiary/aromatic N) is 1. The first-order valence-electron chi connectivity index (χ1n) is 7.13. The van der Waals surface area contributed by atoms with Gasteiger partial charge in [-0.25, -0.2) is 0 Å². The highest BCUT2D eigenvalue weighted by molar-refractivity contribution is 6.42. The van der Waals surface area contributed by atoms with E-state index in [1.807, 2.05) is 11.0 Å². The molecule has 1 N–H and O–H groups in total. The van der Waals surface area contributed by atoms with E-state index in [2.05, 4.69) is 12.2 Å². The van der Waals surface area contributed by atoms with E-state index in [4.69, 9.17) is 23.2 Å². The third-order valence-electron chi connectivity index (χ3n) is 3.57. The molecule has 20 heavy (non-hydrogen) atoms. The van der Waals surface area contributed by atoms with Crippen molar-refractivity contribution in [3.05, 3.63) is 28.2 Å². The summed E-state index contributed by atoms with van der Waals surface area (Å²) in [5.41, 5.74) is 0.828. The number of rotatable bonds is 4. The number of carbonyl (C=O) groups excluding carboxylic acids is 1. The van der Waals surface area contributed by atoms with Crippen molar-refractivity contribution in [2.45, 2.75) is 38.6 Å². The van der Waals surface area contributed by atoms with Gasteiger partial charge in [0.2, 0.25) is 5.91 Å². The number of hydrogen-bond acceptors (Lipinski definition) is 2. The number of halogens is 2. The number of nitrogens with one attached hydrogen (secondary N) is 1. The van der Waals surface area contributed by atoms with Crippen LogP contribution < -0.4 is 10.2 Å². The van der Waals surface area contributed by atoms with Gasteiger partial charge < -0.3 is 10.2 Å². The van der Waals surface area contributed by atoms with Crippen LogP contribution in [0.5, 0.6) is 0 Å². The van der Waals surface area contributed by atoms with E-state index in [0.717, 1.165) is 37.9 Å². The molecule has 1 fully saturated rings. The Kier molecular flexibility index (Phi) is 5.70. The quantitative estimate of drug-likeness (QED) is 0.914. The minimum atomic E-state index is -0.0908. The second-order valence-electron chi connectivity index (χ2n) is 5.09. The molecular weight excluding hydrogens is 295 g/mol. The Bertz CT molecular complexity index is 479. The van der Waals surface area contributed by atoms with Crippen LogP contribution in [-0.4, -0.2) is 25.0 Å². The molecule has 0 aromatic heterocycles. The van der Waals surface area contributed by atoms with Gasteiger partial charge in [0.15, 0.2) is 0 Å². The van der Waals surface area contributed by atoms with Crippen molar-refractivity contribution in [1.82, 2.24) is 5.32 Å². The number of hydrogen-bond donors (Lipinski definition) is 1. The van der Waals surface area contributed by atoms with Crippen LogP contribution >= 0.6 is 23.2 Å². The molecule has 1 heterocycles. The fraction of sp³-hybridized carbons (Fsp3) is 0.533. The fourth-order valence-electron chi connectivity index (χ4n) is 2.44. The van der Waals surface area contributed by atoms with E-state index >= 15 is 0 Å². The predicted molar refractivity (Wildman–Crippen MR) is 84.7 cm³/mol. The number of benzene rings is 1. The van der Waals surface area contributed by atoms with Crippen LogP contribution in [0, 0.1) is 0 Å². The monoisotopic (exact) mass is 314 g/mol. The Morgan fingerprint density at radius 2 is 2.15 bits per heavy atom. The van der Waals surface area contributed by atoms with E-state index in [9.17, 15) is 4.79 Å². The van der Waals surface area contributed by atoms with Gasteiger partial charge in [-0.15, -0.1) is 0 Å². The summed E-state index contributed by atoms with van der Waals surface area (Å²) in [6.07, 6.45) is 3.97. The normalized spacial score (nSPS) is 20.1. The molecule has 0 spiro atoms. The average Bonchev–Trinajstić information content (AvgIpc) is 2.62. The highest BCUT2D eigenvalue weighted by Crippen LogP contribution is 2.28.